The lowest BCUT2D eigenvalue weighted by Crippen LogP contribution is -2.31. The lowest BCUT2D eigenvalue weighted by molar-refractivity contribution is 0.258. The Kier molecular flexibility index (Phi) is 4.54. The van der Waals surface area contributed by atoms with Crippen LogP contribution in [0.3, 0.4) is 0 Å². The summed E-state index contributed by atoms with van der Waals surface area (Å²) in [5.41, 5.74) is 0.672. The third kappa shape index (κ3) is 3.67. The zero-order valence-electron chi connectivity index (χ0n) is 12.5. The molecule has 0 spiro atoms. The van der Waals surface area contributed by atoms with Crippen molar-refractivity contribution in [2.24, 2.45) is 0 Å². The Morgan fingerprint density at radius 2 is 1.87 bits per heavy atom. The molecule has 0 fully saturated rings. The second kappa shape index (κ2) is 6.93. The average Bonchev–Trinajstić information content (AvgIpc) is 3.08. The number of anilines is 2. The lowest BCUT2D eigenvalue weighted by atomic mass is 10.2. The van der Waals surface area contributed by atoms with Crippen molar-refractivity contribution in [2.45, 2.75) is 0 Å². The van der Waals surface area contributed by atoms with E-state index in [-0.39, 0.29) is 6.03 Å². The topological polar surface area (TPSA) is 54.5 Å². The molecule has 23 heavy (non-hydrogen) atoms. The van der Waals surface area contributed by atoms with E-state index in [1.807, 2.05) is 60.0 Å². The maximum Gasteiger partial charge on any atom is 0.327 e. The normalized spacial score (nSPS) is 10.1. The van der Waals surface area contributed by atoms with Gasteiger partial charge in [-0.15, -0.1) is 11.3 Å². The summed E-state index contributed by atoms with van der Waals surface area (Å²) in [6, 6.07) is 16.6. The largest absolute Gasteiger partial charge is 0.455 e. The summed E-state index contributed by atoms with van der Waals surface area (Å²) >= 11 is 1.37. The first-order valence-electron chi connectivity index (χ1n) is 7.00. The molecule has 1 N–H and O–H groups in total. The van der Waals surface area contributed by atoms with Crippen LogP contribution in [-0.4, -0.2) is 18.1 Å². The fourth-order valence-corrected chi connectivity index (χ4v) is 2.52. The summed E-state index contributed by atoms with van der Waals surface area (Å²) < 4.78 is 5.88. The Labute approximate surface area is 138 Å². The number of urea groups is 1. The number of amides is 2. The Bertz CT molecular complexity index is 776. The van der Waals surface area contributed by atoms with E-state index in [4.69, 9.17) is 4.74 Å². The van der Waals surface area contributed by atoms with E-state index in [1.165, 1.54) is 16.2 Å². The van der Waals surface area contributed by atoms with Crippen LogP contribution in [-0.2, 0) is 0 Å². The van der Waals surface area contributed by atoms with Gasteiger partial charge in [0.2, 0.25) is 0 Å². The number of benzene rings is 2. The van der Waals surface area contributed by atoms with Gasteiger partial charge in [0.15, 0.2) is 10.9 Å². The Morgan fingerprint density at radius 1 is 1.13 bits per heavy atom. The van der Waals surface area contributed by atoms with E-state index in [9.17, 15) is 4.79 Å². The molecule has 0 saturated carbocycles. The van der Waals surface area contributed by atoms with Gasteiger partial charge in [-0.05, 0) is 24.3 Å². The van der Waals surface area contributed by atoms with Gasteiger partial charge in [0.25, 0.3) is 0 Å². The summed E-state index contributed by atoms with van der Waals surface area (Å²) in [6.45, 7) is 0. The number of aromatic nitrogens is 1. The average molecular weight is 325 g/mol. The number of carbonyl (C=O) groups is 1. The highest BCUT2D eigenvalue weighted by atomic mass is 32.1. The first-order chi connectivity index (χ1) is 11.2. The zero-order chi connectivity index (χ0) is 16.1. The third-order valence-electron chi connectivity index (χ3n) is 3.15. The molecule has 1 heterocycles. The molecule has 2 aromatic carbocycles. The molecule has 0 saturated heterocycles. The quantitative estimate of drug-likeness (QED) is 0.762. The van der Waals surface area contributed by atoms with E-state index in [2.05, 4.69) is 10.3 Å². The first kappa shape index (κ1) is 15.1. The minimum absolute atomic E-state index is 0.274. The highest BCUT2D eigenvalue weighted by Gasteiger charge is 2.16. The van der Waals surface area contributed by atoms with Crippen LogP contribution in [0.2, 0.25) is 0 Å². The number of nitrogens with zero attached hydrogens (tertiary/aromatic N) is 2. The van der Waals surface area contributed by atoms with Crippen molar-refractivity contribution < 1.29 is 9.53 Å². The summed E-state index contributed by atoms with van der Waals surface area (Å²) in [5.74, 6) is 1.32. The molecule has 0 aliphatic heterocycles. The van der Waals surface area contributed by atoms with Gasteiger partial charge in [0, 0.05) is 18.6 Å². The molecular formula is C17H15N3O2S. The molecule has 0 aliphatic carbocycles. The smallest absolute Gasteiger partial charge is 0.327 e. The Hall–Kier alpha value is -2.86. The van der Waals surface area contributed by atoms with Gasteiger partial charge < -0.3 is 4.74 Å². The number of nitrogens with one attached hydrogen (secondary N) is 1. The molecule has 5 nitrogen and oxygen atoms in total. The molecule has 3 aromatic rings. The summed E-state index contributed by atoms with van der Waals surface area (Å²) in [5, 5.41) is 5.12. The lowest BCUT2D eigenvalue weighted by Gasteiger charge is -2.20. The van der Waals surface area contributed by atoms with Crippen molar-refractivity contribution >= 4 is 28.2 Å². The van der Waals surface area contributed by atoms with Gasteiger partial charge in [-0.3, -0.25) is 10.2 Å². The van der Waals surface area contributed by atoms with Crippen LogP contribution in [0.25, 0.3) is 0 Å². The van der Waals surface area contributed by atoms with Gasteiger partial charge in [-0.25, -0.2) is 9.78 Å². The number of rotatable bonds is 4. The summed E-state index contributed by atoms with van der Waals surface area (Å²) in [6.07, 6.45) is 1.65. The van der Waals surface area contributed by atoms with E-state index in [0.717, 1.165) is 0 Å². The van der Waals surface area contributed by atoms with E-state index in [1.54, 1.807) is 13.2 Å². The number of para-hydroxylation sites is 3. The van der Waals surface area contributed by atoms with Gasteiger partial charge in [0.1, 0.15) is 5.75 Å². The SMILES string of the molecule is CN(C(=O)Nc1nccs1)c1ccccc1Oc1ccccc1. The maximum atomic E-state index is 12.3. The van der Waals surface area contributed by atoms with Gasteiger partial charge >= 0.3 is 6.03 Å². The van der Waals surface area contributed by atoms with Crippen LogP contribution in [0.5, 0.6) is 11.5 Å². The number of carbonyl (C=O) groups excluding carboxylic acids is 1. The minimum atomic E-state index is -0.274. The van der Waals surface area contributed by atoms with E-state index < -0.39 is 0 Å². The van der Waals surface area contributed by atoms with Crippen molar-refractivity contribution in [1.82, 2.24) is 4.98 Å². The molecule has 2 amide bonds. The molecule has 0 radical (unpaired) electrons. The van der Waals surface area contributed by atoms with Crippen molar-refractivity contribution in [3.8, 4) is 11.5 Å². The van der Waals surface area contributed by atoms with Crippen LogP contribution in [0, 0.1) is 0 Å². The highest BCUT2D eigenvalue weighted by molar-refractivity contribution is 7.13. The molecule has 1 aromatic heterocycles. The number of hydrogen-bond acceptors (Lipinski definition) is 4. The van der Waals surface area contributed by atoms with E-state index >= 15 is 0 Å². The fraction of sp³-hybridized carbons (Fsp3) is 0.0588. The van der Waals surface area contributed by atoms with Gasteiger partial charge in [-0.2, -0.15) is 0 Å². The van der Waals surface area contributed by atoms with Gasteiger partial charge in [0.05, 0.1) is 5.69 Å². The Balaban J connectivity index is 1.80. The molecule has 0 atom stereocenters. The fourth-order valence-electron chi connectivity index (χ4n) is 2.01. The van der Waals surface area contributed by atoms with Crippen molar-refractivity contribution in [2.75, 3.05) is 17.3 Å². The summed E-state index contributed by atoms with van der Waals surface area (Å²) in [4.78, 5) is 17.9. The monoisotopic (exact) mass is 325 g/mol. The van der Waals surface area contributed by atoms with Crippen LogP contribution >= 0.6 is 11.3 Å². The number of thiazole rings is 1. The molecule has 0 bridgehead atoms. The molecule has 116 valence electrons. The van der Waals surface area contributed by atoms with Crippen molar-refractivity contribution in [1.29, 1.82) is 0 Å². The number of ether oxygens (including phenoxy) is 1. The predicted octanol–water partition coefficient (Wildman–Crippen LogP) is 4.60. The second-order valence-corrected chi connectivity index (χ2v) is 5.60. The Morgan fingerprint density at radius 3 is 2.61 bits per heavy atom. The first-order valence-corrected chi connectivity index (χ1v) is 7.88. The molecule has 0 unspecified atom stereocenters. The standard InChI is InChI=1S/C17H15N3O2S/c1-20(17(21)19-16-18-11-12-23-16)14-9-5-6-10-15(14)22-13-7-3-2-4-8-13/h2-12H,1H3,(H,18,19,21). The zero-order valence-corrected chi connectivity index (χ0v) is 13.3. The minimum Gasteiger partial charge on any atom is -0.455 e. The van der Waals surface area contributed by atoms with E-state index in [0.29, 0.717) is 22.3 Å². The van der Waals surface area contributed by atoms with Crippen LogP contribution in [0.4, 0.5) is 15.6 Å². The summed E-state index contributed by atoms with van der Waals surface area (Å²) in [7, 11) is 1.69. The predicted molar refractivity (Wildman–Crippen MR) is 92.5 cm³/mol. The highest BCUT2D eigenvalue weighted by Crippen LogP contribution is 2.31. The van der Waals surface area contributed by atoms with Gasteiger partial charge in [-0.1, -0.05) is 30.3 Å². The third-order valence-corrected chi connectivity index (χ3v) is 3.84. The molecule has 0 aliphatic rings. The van der Waals surface area contributed by atoms with Crippen LogP contribution in [0.15, 0.2) is 66.2 Å². The van der Waals surface area contributed by atoms with Crippen LogP contribution < -0.4 is 15.0 Å². The molecular weight excluding hydrogens is 310 g/mol. The number of hydrogen-bond donors (Lipinski definition) is 1. The van der Waals surface area contributed by atoms with Crippen LogP contribution in [0.1, 0.15) is 0 Å². The van der Waals surface area contributed by atoms with Crippen molar-refractivity contribution in [3.63, 3.8) is 0 Å². The second-order valence-electron chi connectivity index (χ2n) is 4.71. The molecule has 6 heteroatoms. The maximum absolute atomic E-state index is 12.3. The molecule has 3 rings (SSSR count). The van der Waals surface area contributed by atoms with Crippen molar-refractivity contribution in [3.05, 3.63) is 66.2 Å².